The van der Waals surface area contributed by atoms with Gasteiger partial charge >= 0.3 is 18.2 Å². The maximum absolute atomic E-state index is 12.8. The van der Waals surface area contributed by atoms with E-state index in [9.17, 15) is 24.3 Å². The number of esters is 1. The molecule has 0 aliphatic carbocycles. The number of carbonyl (C=O) groups is 4. The van der Waals surface area contributed by atoms with Crippen LogP contribution in [0.5, 0.6) is 0 Å². The van der Waals surface area contributed by atoms with E-state index >= 15 is 0 Å². The molecular formula is C29H35N3O8. The molecule has 0 saturated heterocycles. The number of aromatic nitrogens is 1. The highest BCUT2D eigenvalue weighted by Crippen LogP contribution is 2.24. The Bertz CT molecular complexity index is 1330. The zero-order valence-corrected chi connectivity index (χ0v) is 23.0. The summed E-state index contributed by atoms with van der Waals surface area (Å²) in [6, 6.07) is 15.1. The number of hydrogen-bond donors (Lipinski definition) is 3. The van der Waals surface area contributed by atoms with Gasteiger partial charge in [-0.25, -0.2) is 14.4 Å². The smallest absolute Gasteiger partial charge is 0.419 e. The number of fused-ring (bicyclic) bond motifs is 1. The van der Waals surface area contributed by atoms with Gasteiger partial charge in [0.15, 0.2) is 0 Å². The topological polar surface area (TPSA) is 145 Å². The van der Waals surface area contributed by atoms with Crippen LogP contribution in [-0.2, 0) is 36.8 Å². The lowest BCUT2D eigenvalue weighted by Crippen LogP contribution is -2.45. The third kappa shape index (κ3) is 8.84. The summed E-state index contributed by atoms with van der Waals surface area (Å²) in [6.07, 6.45) is -1.33. The second-order valence-corrected chi connectivity index (χ2v) is 10.2. The molecule has 1 heterocycles. The summed E-state index contributed by atoms with van der Waals surface area (Å²) in [5.74, 6) is -1.32. The van der Waals surface area contributed by atoms with Gasteiger partial charge in [-0.05, 0) is 38.0 Å². The Hall–Kier alpha value is -4.38. The van der Waals surface area contributed by atoms with Crippen molar-refractivity contribution in [1.82, 2.24) is 15.2 Å². The normalized spacial score (nSPS) is 12.7. The second-order valence-electron chi connectivity index (χ2n) is 10.2. The van der Waals surface area contributed by atoms with Crippen molar-refractivity contribution in [2.24, 2.45) is 0 Å². The van der Waals surface area contributed by atoms with Gasteiger partial charge in [-0.1, -0.05) is 48.5 Å². The van der Waals surface area contributed by atoms with Crippen molar-refractivity contribution in [2.75, 3.05) is 13.7 Å². The average molecular weight is 554 g/mol. The SMILES string of the molecule is COC(=O)[C@H](Cc1cn(C(=O)OC(C)(C)C)c2ccccc12)NC(=O)C[C@@H](O)CNC(=O)OCc1ccccc1. The van der Waals surface area contributed by atoms with Gasteiger partial charge in [0.05, 0.1) is 25.2 Å². The summed E-state index contributed by atoms with van der Waals surface area (Å²) in [5.41, 5.74) is 1.29. The van der Waals surface area contributed by atoms with Crippen molar-refractivity contribution in [3.8, 4) is 0 Å². The van der Waals surface area contributed by atoms with Gasteiger partial charge in [-0.2, -0.15) is 0 Å². The first-order valence-electron chi connectivity index (χ1n) is 12.8. The Balaban J connectivity index is 1.61. The average Bonchev–Trinajstić information content (AvgIpc) is 3.28. The molecule has 214 valence electrons. The first kappa shape index (κ1) is 30.2. The Kier molecular flexibility index (Phi) is 10.3. The van der Waals surface area contributed by atoms with E-state index < -0.39 is 41.8 Å². The Morgan fingerprint density at radius 3 is 2.35 bits per heavy atom. The van der Waals surface area contributed by atoms with E-state index in [1.165, 1.54) is 11.7 Å². The molecule has 11 nitrogen and oxygen atoms in total. The number of rotatable bonds is 10. The van der Waals surface area contributed by atoms with Crippen LogP contribution in [0.2, 0.25) is 0 Å². The van der Waals surface area contributed by atoms with Crippen LogP contribution in [0, 0.1) is 0 Å². The number of aliphatic hydroxyl groups is 1. The van der Waals surface area contributed by atoms with Gasteiger partial charge < -0.3 is 30.0 Å². The van der Waals surface area contributed by atoms with Gasteiger partial charge in [0, 0.05) is 24.5 Å². The number of carbonyl (C=O) groups excluding carboxylic acids is 4. The molecule has 2 aromatic carbocycles. The molecule has 0 fully saturated rings. The number of alkyl carbamates (subject to hydrolysis) is 1. The molecule has 0 saturated carbocycles. The van der Waals surface area contributed by atoms with Gasteiger partial charge in [-0.3, -0.25) is 9.36 Å². The third-order valence-corrected chi connectivity index (χ3v) is 5.75. The van der Waals surface area contributed by atoms with Crippen molar-refractivity contribution < 1.29 is 38.5 Å². The number of ether oxygens (including phenoxy) is 3. The summed E-state index contributed by atoms with van der Waals surface area (Å²) in [6.45, 7) is 5.12. The number of hydrogen-bond acceptors (Lipinski definition) is 8. The number of para-hydroxylation sites is 1. The van der Waals surface area contributed by atoms with Crippen molar-refractivity contribution in [1.29, 1.82) is 0 Å². The van der Waals surface area contributed by atoms with Crippen molar-refractivity contribution >= 4 is 35.0 Å². The van der Waals surface area contributed by atoms with E-state index in [-0.39, 0.29) is 26.0 Å². The van der Waals surface area contributed by atoms with Crippen LogP contribution in [0.25, 0.3) is 10.9 Å². The highest BCUT2D eigenvalue weighted by molar-refractivity contribution is 5.93. The number of benzene rings is 2. The van der Waals surface area contributed by atoms with Gasteiger partial charge in [0.25, 0.3) is 0 Å². The molecular weight excluding hydrogens is 518 g/mol. The maximum atomic E-state index is 12.8. The molecule has 2 amide bonds. The minimum absolute atomic E-state index is 0.0227. The zero-order valence-electron chi connectivity index (χ0n) is 23.0. The second kappa shape index (κ2) is 13.6. The van der Waals surface area contributed by atoms with E-state index in [1.54, 1.807) is 63.4 Å². The fourth-order valence-corrected chi connectivity index (χ4v) is 3.95. The van der Waals surface area contributed by atoms with Crippen molar-refractivity contribution in [2.45, 2.75) is 58.0 Å². The molecule has 0 bridgehead atoms. The van der Waals surface area contributed by atoms with E-state index in [1.807, 2.05) is 18.2 Å². The summed E-state index contributed by atoms with van der Waals surface area (Å²) in [7, 11) is 1.20. The summed E-state index contributed by atoms with van der Waals surface area (Å²) in [4.78, 5) is 49.9. The van der Waals surface area contributed by atoms with Crippen LogP contribution in [0.4, 0.5) is 9.59 Å². The number of nitrogens with zero attached hydrogens (tertiary/aromatic N) is 1. The van der Waals surface area contributed by atoms with E-state index in [4.69, 9.17) is 14.2 Å². The number of aliphatic hydroxyl groups excluding tert-OH is 1. The van der Waals surface area contributed by atoms with Crippen LogP contribution in [-0.4, -0.2) is 65.1 Å². The first-order valence-corrected chi connectivity index (χ1v) is 12.8. The highest BCUT2D eigenvalue weighted by atomic mass is 16.6. The molecule has 11 heteroatoms. The standard InChI is InChI=1S/C29H35N3O8/c1-29(2,3)40-28(37)32-17-20(22-12-8-9-13-24(22)32)14-23(26(35)38-4)31-25(34)15-21(33)16-30-27(36)39-18-19-10-6-5-7-11-19/h5-13,17,21,23,33H,14-16,18H2,1-4H3,(H,30,36)(H,31,34)/t21-,23+/m1/s1. The Morgan fingerprint density at radius 1 is 1.00 bits per heavy atom. The van der Waals surface area contributed by atoms with Gasteiger partial charge in [-0.15, -0.1) is 0 Å². The van der Waals surface area contributed by atoms with E-state index in [2.05, 4.69) is 10.6 Å². The fraction of sp³-hybridized carbons (Fsp3) is 0.379. The summed E-state index contributed by atoms with van der Waals surface area (Å²) >= 11 is 0. The number of nitrogens with one attached hydrogen (secondary N) is 2. The first-order chi connectivity index (χ1) is 19.0. The molecule has 3 aromatic rings. The lowest BCUT2D eigenvalue weighted by atomic mass is 10.0. The minimum atomic E-state index is -1.23. The van der Waals surface area contributed by atoms with Crippen LogP contribution >= 0.6 is 0 Å². The minimum Gasteiger partial charge on any atom is -0.467 e. The van der Waals surface area contributed by atoms with Crippen LogP contribution < -0.4 is 10.6 Å². The van der Waals surface area contributed by atoms with Crippen molar-refractivity contribution in [3.05, 3.63) is 71.9 Å². The molecule has 0 radical (unpaired) electrons. The predicted octanol–water partition coefficient (Wildman–Crippen LogP) is 3.30. The monoisotopic (exact) mass is 553 g/mol. The predicted molar refractivity (Wildman–Crippen MR) is 146 cm³/mol. The molecule has 3 N–H and O–H groups in total. The van der Waals surface area contributed by atoms with E-state index in [0.717, 1.165) is 5.56 Å². The fourth-order valence-electron chi connectivity index (χ4n) is 3.95. The number of methoxy groups -OCH3 is 1. The zero-order chi connectivity index (χ0) is 29.3. The Labute approximate surface area is 232 Å². The molecule has 40 heavy (non-hydrogen) atoms. The van der Waals surface area contributed by atoms with Crippen LogP contribution in [0.1, 0.15) is 38.3 Å². The molecule has 0 spiro atoms. The van der Waals surface area contributed by atoms with Gasteiger partial charge in [0.1, 0.15) is 18.2 Å². The Morgan fingerprint density at radius 2 is 1.68 bits per heavy atom. The van der Waals surface area contributed by atoms with Crippen molar-refractivity contribution in [3.63, 3.8) is 0 Å². The number of amides is 2. The molecule has 3 rings (SSSR count). The molecule has 2 atom stereocenters. The molecule has 0 aliphatic heterocycles. The lowest BCUT2D eigenvalue weighted by Gasteiger charge is -2.19. The summed E-state index contributed by atoms with van der Waals surface area (Å²) < 4.78 is 16.8. The molecule has 1 aromatic heterocycles. The van der Waals surface area contributed by atoms with E-state index in [0.29, 0.717) is 16.5 Å². The van der Waals surface area contributed by atoms with Gasteiger partial charge in [0.2, 0.25) is 5.91 Å². The maximum Gasteiger partial charge on any atom is 0.419 e. The highest BCUT2D eigenvalue weighted by Gasteiger charge is 2.27. The molecule has 0 aliphatic rings. The summed E-state index contributed by atoms with van der Waals surface area (Å²) in [5, 5.41) is 15.9. The quantitative estimate of drug-likeness (QED) is 0.256. The lowest BCUT2D eigenvalue weighted by molar-refractivity contribution is -0.145. The molecule has 0 unspecified atom stereocenters. The van der Waals surface area contributed by atoms with Crippen LogP contribution in [0.15, 0.2) is 60.8 Å². The van der Waals surface area contributed by atoms with Crippen LogP contribution in [0.3, 0.4) is 0 Å². The largest absolute Gasteiger partial charge is 0.467 e. The third-order valence-electron chi connectivity index (χ3n) is 5.75.